The van der Waals surface area contributed by atoms with Gasteiger partial charge in [-0.2, -0.15) is 5.10 Å². The number of hydrogen-bond donors (Lipinski definition) is 0. The van der Waals surface area contributed by atoms with Crippen molar-refractivity contribution in [1.29, 1.82) is 0 Å². The average Bonchev–Trinajstić information content (AvgIpc) is 2.82. The van der Waals surface area contributed by atoms with Gasteiger partial charge in [0, 0.05) is 54.6 Å². The number of hydrogen-bond acceptors (Lipinski definition) is 3. The van der Waals surface area contributed by atoms with Crippen LogP contribution in [0.25, 0.3) is 5.52 Å². The summed E-state index contributed by atoms with van der Waals surface area (Å²) in [6.07, 6.45) is 4.15. The van der Waals surface area contributed by atoms with Gasteiger partial charge in [0.25, 0.3) is 0 Å². The van der Waals surface area contributed by atoms with E-state index in [1.807, 2.05) is 10.7 Å². The molecule has 5 heteroatoms. The predicted molar refractivity (Wildman–Crippen MR) is 87.1 cm³/mol. The second-order valence-corrected chi connectivity index (χ2v) is 6.73. The van der Waals surface area contributed by atoms with Crippen molar-refractivity contribution < 1.29 is 0 Å². The molecule has 0 N–H and O–H groups in total. The van der Waals surface area contributed by atoms with Gasteiger partial charge in [0.05, 0.1) is 23.6 Å². The van der Waals surface area contributed by atoms with E-state index in [9.17, 15) is 0 Å². The van der Waals surface area contributed by atoms with Crippen molar-refractivity contribution in [3.05, 3.63) is 30.1 Å². The Morgan fingerprint density at radius 1 is 1.16 bits per heavy atom. The number of rotatable bonds is 2. The quantitative estimate of drug-likeness (QED) is 0.600. The Bertz CT molecular complexity index is 570. The zero-order valence-corrected chi connectivity index (χ0v) is 13.5. The Kier molecular flexibility index (Phi) is 3.66. The third kappa shape index (κ3) is 2.58. The van der Waals surface area contributed by atoms with Gasteiger partial charge in [0.15, 0.2) is 0 Å². The fourth-order valence-corrected chi connectivity index (χ4v) is 3.00. The fraction of sp³-hybridized carbons (Fsp3) is 0.500. The summed E-state index contributed by atoms with van der Waals surface area (Å²) in [6.45, 7) is 8.85. The molecule has 1 aliphatic rings. The third-order valence-electron chi connectivity index (χ3n) is 3.74. The van der Waals surface area contributed by atoms with E-state index >= 15 is 0 Å². The van der Waals surface area contributed by atoms with Gasteiger partial charge >= 0.3 is 0 Å². The molecule has 2 aromatic heterocycles. The van der Waals surface area contributed by atoms with Crippen LogP contribution in [-0.4, -0.2) is 38.9 Å². The SMILES string of the molecule is CC(C)c1cnn2cc(N3CCN(I)CC3)ccc12. The number of aromatic nitrogens is 2. The molecule has 1 aliphatic heterocycles. The van der Waals surface area contributed by atoms with E-state index in [0.29, 0.717) is 5.92 Å². The number of anilines is 1. The van der Waals surface area contributed by atoms with Crippen molar-refractivity contribution in [1.82, 2.24) is 12.7 Å². The Hall–Kier alpha value is -0.820. The lowest BCUT2D eigenvalue weighted by Gasteiger charge is -2.32. The maximum absolute atomic E-state index is 4.49. The van der Waals surface area contributed by atoms with Gasteiger partial charge < -0.3 is 4.90 Å². The summed E-state index contributed by atoms with van der Waals surface area (Å²) < 4.78 is 4.36. The molecule has 4 nitrogen and oxygen atoms in total. The van der Waals surface area contributed by atoms with Gasteiger partial charge in [-0.3, -0.25) is 0 Å². The van der Waals surface area contributed by atoms with Crippen molar-refractivity contribution in [3.63, 3.8) is 0 Å². The summed E-state index contributed by atoms with van der Waals surface area (Å²) in [4.78, 5) is 2.44. The van der Waals surface area contributed by atoms with Crippen LogP contribution in [0.5, 0.6) is 0 Å². The minimum atomic E-state index is 0.519. The van der Waals surface area contributed by atoms with Crippen molar-refractivity contribution >= 4 is 34.1 Å². The standard InChI is InChI=1S/C14H19IN4/c1-11(2)13-9-16-19-10-12(3-4-14(13)19)17-5-7-18(15)8-6-17/h3-4,9-11H,5-8H2,1-2H3. The van der Waals surface area contributed by atoms with Crippen molar-refractivity contribution in [3.8, 4) is 0 Å². The number of pyridine rings is 1. The highest BCUT2D eigenvalue weighted by Gasteiger charge is 2.16. The van der Waals surface area contributed by atoms with Crippen LogP contribution >= 0.6 is 22.9 Å². The summed E-state index contributed by atoms with van der Waals surface area (Å²) in [5.41, 5.74) is 3.82. The number of halogens is 1. The minimum absolute atomic E-state index is 0.519. The third-order valence-corrected chi connectivity index (χ3v) is 4.71. The molecule has 3 heterocycles. The second kappa shape index (κ2) is 5.28. The first kappa shape index (κ1) is 13.2. The van der Waals surface area contributed by atoms with E-state index in [1.165, 1.54) is 16.8 Å². The largest absolute Gasteiger partial charge is 0.368 e. The van der Waals surface area contributed by atoms with Gasteiger partial charge in [-0.1, -0.05) is 13.8 Å². The van der Waals surface area contributed by atoms with Gasteiger partial charge in [-0.05, 0) is 18.1 Å². The smallest absolute Gasteiger partial charge is 0.0697 e. The number of fused-ring (bicyclic) bond motifs is 1. The van der Waals surface area contributed by atoms with Crippen LogP contribution in [-0.2, 0) is 0 Å². The Balaban J connectivity index is 1.90. The predicted octanol–water partition coefficient (Wildman–Crippen LogP) is 2.93. The molecule has 1 fully saturated rings. The molecule has 0 bridgehead atoms. The Labute approximate surface area is 127 Å². The molecule has 0 amide bonds. The lowest BCUT2D eigenvalue weighted by Crippen LogP contribution is -2.42. The molecule has 0 radical (unpaired) electrons. The monoisotopic (exact) mass is 370 g/mol. The van der Waals surface area contributed by atoms with E-state index < -0.39 is 0 Å². The Morgan fingerprint density at radius 3 is 2.58 bits per heavy atom. The average molecular weight is 370 g/mol. The van der Waals surface area contributed by atoms with Crippen molar-refractivity contribution in [2.24, 2.45) is 0 Å². The van der Waals surface area contributed by atoms with E-state index in [2.05, 4.69) is 68.2 Å². The molecule has 0 spiro atoms. The van der Waals surface area contributed by atoms with Crippen LogP contribution in [0.15, 0.2) is 24.5 Å². The molecule has 0 aliphatic carbocycles. The maximum atomic E-state index is 4.49. The number of piperazine rings is 1. The highest BCUT2D eigenvalue weighted by molar-refractivity contribution is 14.1. The summed E-state index contributed by atoms with van der Waals surface area (Å²) in [5.74, 6) is 0.519. The zero-order valence-electron chi connectivity index (χ0n) is 11.4. The summed E-state index contributed by atoms with van der Waals surface area (Å²) >= 11 is 2.40. The lowest BCUT2D eigenvalue weighted by atomic mass is 10.1. The van der Waals surface area contributed by atoms with Gasteiger partial charge in [-0.15, -0.1) is 0 Å². The summed E-state index contributed by atoms with van der Waals surface area (Å²) in [6, 6.07) is 4.43. The second-order valence-electron chi connectivity index (χ2n) is 5.37. The van der Waals surface area contributed by atoms with Crippen molar-refractivity contribution in [2.45, 2.75) is 19.8 Å². The topological polar surface area (TPSA) is 23.8 Å². The van der Waals surface area contributed by atoms with E-state index in [1.54, 1.807) is 0 Å². The summed E-state index contributed by atoms with van der Waals surface area (Å²) in [5, 5.41) is 4.49. The zero-order chi connectivity index (χ0) is 13.4. The molecule has 102 valence electrons. The van der Waals surface area contributed by atoms with Crippen LogP contribution in [0.2, 0.25) is 0 Å². The molecule has 0 saturated carbocycles. The van der Waals surface area contributed by atoms with Crippen LogP contribution in [0.4, 0.5) is 5.69 Å². The molecule has 0 aromatic carbocycles. The first-order valence-electron chi connectivity index (χ1n) is 6.78. The number of nitrogens with zero attached hydrogens (tertiary/aromatic N) is 4. The highest BCUT2D eigenvalue weighted by Crippen LogP contribution is 2.24. The maximum Gasteiger partial charge on any atom is 0.0697 e. The first-order valence-corrected chi connectivity index (χ1v) is 7.74. The molecule has 3 rings (SSSR count). The Morgan fingerprint density at radius 2 is 1.89 bits per heavy atom. The minimum Gasteiger partial charge on any atom is -0.368 e. The summed E-state index contributed by atoms with van der Waals surface area (Å²) in [7, 11) is 0. The van der Waals surface area contributed by atoms with E-state index in [4.69, 9.17) is 0 Å². The van der Waals surface area contributed by atoms with Crippen LogP contribution in [0.1, 0.15) is 25.3 Å². The van der Waals surface area contributed by atoms with Crippen LogP contribution in [0.3, 0.4) is 0 Å². The molecule has 19 heavy (non-hydrogen) atoms. The molecule has 0 atom stereocenters. The van der Waals surface area contributed by atoms with E-state index in [0.717, 1.165) is 26.2 Å². The first-order chi connectivity index (χ1) is 9.15. The normalized spacial score (nSPS) is 17.6. The van der Waals surface area contributed by atoms with E-state index in [-0.39, 0.29) is 0 Å². The van der Waals surface area contributed by atoms with Gasteiger partial charge in [0.1, 0.15) is 0 Å². The fourth-order valence-electron chi connectivity index (χ4n) is 2.57. The highest BCUT2D eigenvalue weighted by atomic mass is 127. The van der Waals surface area contributed by atoms with Gasteiger partial charge in [0.2, 0.25) is 0 Å². The molecule has 1 saturated heterocycles. The van der Waals surface area contributed by atoms with Crippen LogP contribution < -0.4 is 4.90 Å². The molecular weight excluding hydrogens is 351 g/mol. The molecule has 0 unspecified atom stereocenters. The van der Waals surface area contributed by atoms with Crippen LogP contribution in [0, 0.1) is 0 Å². The molecular formula is C14H19IN4. The lowest BCUT2D eigenvalue weighted by molar-refractivity contribution is 0.460. The van der Waals surface area contributed by atoms with Crippen molar-refractivity contribution in [2.75, 3.05) is 31.1 Å². The van der Waals surface area contributed by atoms with Gasteiger partial charge in [-0.25, -0.2) is 7.63 Å². The molecule has 2 aromatic rings.